The number of hydrogen-bond acceptors (Lipinski definition) is 2. The van der Waals surface area contributed by atoms with E-state index in [2.05, 4.69) is 17.6 Å². The average molecular weight is 246 g/mol. The van der Waals surface area contributed by atoms with E-state index in [0.29, 0.717) is 6.42 Å². The molecular weight excluding hydrogens is 228 g/mol. The zero-order valence-corrected chi connectivity index (χ0v) is 10.5. The Labute approximate surface area is 106 Å². The maximum Gasteiger partial charge on any atom is 0.320 e. The predicted molar refractivity (Wildman–Crippen MR) is 71.5 cm³/mol. The van der Waals surface area contributed by atoms with Crippen LogP contribution in [0, 0.1) is 0 Å². The van der Waals surface area contributed by atoms with Gasteiger partial charge in [-0.15, -0.1) is 0 Å². The first-order valence-corrected chi connectivity index (χ1v) is 6.18. The van der Waals surface area contributed by atoms with E-state index in [0.717, 1.165) is 29.4 Å². The fourth-order valence-corrected chi connectivity index (χ4v) is 2.24. The van der Waals surface area contributed by atoms with Crippen LogP contribution in [0.2, 0.25) is 0 Å². The van der Waals surface area contributed by atoms with E-state index in [4.69, 9.17) is 10.8 Å². The number of aliphatic carboxylic acids is 1. The fraction of sp³-hybridized carbons (Fsp3) is 0.357. The van der Waals surface area contributed by atoms with Gasteiger partial charge in [-0.25, -0.2) is 0 Å². The van der Waals surface area contributed by atoms with Crippen molar-refractivity contribution in [3.8, 4) is 0 Å². The minimum Gasteiger partial charge on any atom is -0.480 e. The number of nitrogens with zero attached hydrogens (tertiary/aromatic N) is 1. The number of carboxylic acids is 1. The standard InChI is InChI=1S/C14H18N2O2/c1-2-7-16-9-10(8-12(15)14(17)18)11-5-3-4-6-13(11)16/h3-6,9,12H,2,7-8,15H2,1H3,(H,17,18)/t12-/m0/s1. The summed E-state index contributed by atoms with van der Waals surface area (Å²) < 4.78 is 2.17. The highest BCUT2D eigenvalue weighted by Crippen LogP contribution is 2.22. The first-order valence-electron chi connectivity index (χ1n) is 6.18. The molecule has 1 atom stereocenters. The predicted octanol–water partition coefficient (Wildman–Crippen LogP) is 2.01. The molecule has 2 rings (SSSR count). The number of fused-ring (bicyclic) bond motifs is 1. The second-order valence-corrected chi connectivity index (χ2v) is 4.51. The second kappa shape index (κ2) is 5.23. The summed E-state index contributed by atoms with van der Waals surface area (Å²) in [6.45, 7) is 3.06. The molecule has 0 amide bonds. The van der Waals surface area contributed by atoms with Crippen LogP contribution < -0.4 is 5.73 Å². The Morgan fingerprint density at radius 1 is 1.44 bits per heavy atom. The molecule has 0 aliphatic rings. The molecule has 4 nitrogen and oxygen atoms in total. The summed E-state index contributed by atoms with van der Waals surface area (Å²) in [5.41, 5.74) is 7.77. The summed E-state index contributed by atoms with van der Waals surface area (Å²) >= 11 is 0. The smallest absolute Gasteiger partial charge is 0.320 e. The number of rotatable bonds is 5. The molecule has 0 fully saturated rings. The lowest BCUT2D eigenvalue weighted by Crippen LogP contribution is -2.32. The normalized spacial score (nSPS) is 12.8. The van der Waals surface area contributed by atoms with Gasteiger partial charge in [0.2, 0.25) is 0 Å². The van der Waals surface area contributed by atoms with Crippen molar-refractivity contribution in [2.24, 2.45) is 5.73 Å². The molecule has 0 bridgehead atoms. The van der Waals surface area contributed by atoms with Crippen molar-refractivity contribution in [1.29, 1.82) is 0 Å². The Kier molecular flexibility index (Phi) is 3.67. The van der Waals surface area contributed by atoms with Gasteiger partial charge in [-0.3, -0.25) is 4.79 Å². The Balaban J connectivity index is 2.41. The van der Waals surface area contributed by atoms with Gasteiger partial charge in [-0.1, -0.05) is 25.1 Å². The number of carbonyl (C=O) groups is 1. The lowest BCUT2D eigenvalue weighted by Gasteiger charge is -2.04. The van der Waals surface area contributed by atoms with E-state index >= 15 is 0 Å². The third kappa shape index (κ3) is 2.38. The summed E-state index contributed by atoms with van der Waals surface area (Å²) in [5, 5.41) is 9.99. The molecule has 0 saturated carbocycles. The van der Waals surface area contributed by atoms with Crippen molar-refractivity contribution in [3.63, 3.8) is 0 Å². The lowest BCUT2D eigenvalue weighted by atomic mass is 10.1. The number of aromatic nitrogens is 1. The number of benzene rings is 1. The molecule has 0 saturated heterocycles. The highest BCUT2D eigenvalue weighted by atomic mass is 16.4. The molecule has 0 unspecified atom stereocenters. The molecule has 1 aromatic carbocycles. The molecule has 0 aliphatic heterocycles. The van der Waals surface area contributed by atoms with Gasteiger partial charge < -0.3 is 15.4 Å². The van der Waals surface area contributed by atoms with Crippen LogP contribution in [-0.4, -0.2) is 21.7 Å². The number of nitrogens with two attached hydrogens (primary N) is 1. The van der Waals surface area contributed by atoms with Gasteiger partial charge in [-0.05, 0) is 18.1 Å². The van der Waals surface area contributed by atoms with Gasteiger partial charge >= 0.3 is 5.97 Å². The molecule has 96 valence electrons. The van der Waals surface area contributed by atoms with E-state index in [1.54, 1.807) is 0 Å². The van der Waals surface area contributed by atoms with Gasteiger partial charge in [0, 0.05) is 30.1 Å². The van der Waals surface area contributed by atoms with Crippen molar-refractivity contribution in [1.82, 2.24) is 4.57 Å². The van der Waals surface area contributed by atoms with E-state index in [9.17, 15) is 4.79 Å². The van der Waals surface area contributed by atoms with Crippen LogP contribution in [-0.2, 0) is 17.8 Å². The molecule has 3 N–H and O–H groups in total. The third-order valence-electron chi connectivity index (χ3n) is 3.09. The molecular formula is C14H18N2O2. The van der Waals surface area contributed by atoms with E-state index in [1.807, 2.05) is 24.4 Å². The first kappa shape index (κ1) is 12.6. The van der Waals surface area contributed by atoms with Crippen LogP contribution in [0.3, 0.4) is 0 Å². The SMILES string of the molecule is CCCn1cc(C[C@H](N)C(=O)O)c2ccccc21. The summed E-state index contributed by atoms with van der Waals surface area (Å²) in [4.78, 5) is 10.8. The molecule has 1 aromatic heterocycles. The Morgan fingerprint density at radius 3 is 2.83 bits per heavy atom. The van der Waals surface area contributed by atoms with Gasteiger partial charge in [0.25, 0.3) is 0 Å². The van der Waals surface area contributed by atoms with E-state index in [-0.39, 0.29) is 0 Å². The molecule has 4 heteroatoms. The summed E-state index contributed by atoms with van der Waals surface area (Å²) in [6, 6.07) is 7.20. The average Bonchev–Trinajstić information content (AvgIpc) is 2.69. The van der Waals surface area contributed by atoms with Crippen LogP contribution in [0.4, 0.5) is 0 Å². The monoisotopic (exact) mass is 246 g/mol. The zero-order valence-electron chi connectivity index (χ0n) is 10.5. The number of hydrogen-bond donors (Lipinski definition) is 2. The van der Waals surface area contributed by atoms with Crippen LogP contribution in [0.5, 0.6) is 0 Å². The Hall–Kier alpha value is -1.81. The van der Waals surface area contributed by atoms with Crippen LogP contribution in [0.15, 0.2) is 30.5 Å². The fourth-order valence-electron chi connectivity index (χ4n) is 2.24. The van der Waals surface area contributed by atoms with Crippen molar-refractivity contribution in [3.05, 3.63) is 36.0 Å². The quantitative estimate of drug-likeness (QED) is 0.848. The second-order valence-electron chi connectivity index (χ2n) is 4.51. The molecule has 0 radical (unpaired) electrons. The Morgan fingerprint density at radius 2 is 2.17 bits per heavy atom. The van der Waals surface area contributed by atoms with E-state index < -0.39 is 12.0 Å². The van der Waals surface area contributed by atoms with Gasteiger partial charge in [0.15, 0.2) is 0 Å². The molecule has 18 heavy (non-hydrogen) atoms. The number of carboxylic acid groups (broad SMARTS) is 1. The molecule has 0 aliphatic carbocycles. The largest absolute Gasteiger partial charge is 0.480 e. The summed E-state index contributed by atoms with van der Waals surface area (Å²) in [6.07, 6.45) is 3.44. The highest BCUT2D eigenvalue weighted by molar-refractivity contribution is 5.85. The van der Waals surface area contributed by atoms with Gasteiger partial charge in [0.1, 0.15) is 6.04 Å². The third-order valence-corrected chi connectivity index (χ3v) is 3.09. The molecule has 1 heterocycles. The van der Waals surface area contributed by atoms with E-state index in [1.165, 1.54) is 0 Å². The van der Waals surface area contributed by atoms with Crippen molar-refractivity contribution in [2.45, 2.75) is 32.4 Å². The lowest BCUT2D eigenvalue weighted by molar-refractivity contribution is -0.138. The number of para-hydroxylation sites is 1. The zero-order chi connectivity index (χ0) is 13.1. The molecule has 0 spiro atoms. The van der Waals surface area contributed by atoms with Gasteiger partial charge in [0.05, 0.1) is 0 Å². The van der Waals surface area contributed by atoms with Crippen molar-refractivity contribution >= 4 is 16.9 Å². The minimum atomic E-state index is -0.956. The van der Waals surface area contributed by atoms with Crippen molar-refractivity contribution in [2.75, 3.05) is 0 Å². The maximum atomic E-state index is 10.8. The summed E-state index contributed by atoms with van der Waals surface area (Å²) in [5.74, 6) is -0.956. The topological polar surface area (TPSA) is 68.2 Å². The van der Waals surface area contributed by atoms with Crippen molar-refractivity contribution < 1.29 is 9.90 Å². The Bertz CT molecular complexity index is 560. The van der Waals surface area contributed by atoms with Crippen LogP contribution >= 0.6 is 0 Å². The first-order chi connectivity index (χ1) is 8.63. The van der Waals surface area contributed by atoms with Crippen LogP contribution in [0.25, 0.3) is 10.9 Å². The minimum absolute atomic E-state index is 0.368. The van der Waals surface area contributed by atoms with Crippen LogP contribution in [0.1, 0.15) is 18.9 Å². The summed E-state index contributed by atoms with van der Waals surface area (Å²) in [7, 11) is 0. The van der Waals surface area contributed by atoms with Gasteiger partial charge in [-0.2, -0.15) is 0 Å². The highest BCUT2D eigenvalue weighted by Gasteiger charge is 2.15. The molecule has 2 aromatic rings. The maximum absolute atomic E-state index is 10.8. The number of aryl methyl sites for hydroxylation is 1.